The van der Waals surface area contributed by atoms with Crippen molar-refractivity contribution in [2.45, 2.75) is 30.6 Å². The molecule has 2 aliphatic heterocycles. The van der Waals surface area contributed by atoms with E-state index in [1.165, 1.54) is 28.6 Å². The topological polar surface area (TPSA) is 113 Å². The van der Waals surface area contributed by atoms with Crippen molar-refractivity contribution < 1.29 is 27.5 Å². The fraction of sp³-hybridized carbons (Fsp3) is 0.304. The van der Waals surface area contributed by atoms with E-state index in [0.29, 0.717) is 18.8 Å². The Morgan fingerprint density at radius 2 is 1.61 bits per heavy atom. The predicted molar refractivity (Wildman–Crippen MR) is 120 cm³/mol. The third kappa shape index (κ3) is 5.01. The van der Waals surface area contributed by atoms with E-state index in [1.54, 1.807) is 30.3 Å². The van der Waals surface area contributed by atoms with Gasteiger partial charge in [-0.15, -0.1) is 0 Å². The van der Waals surface area contributed by atoms with Gasteiger partial charge in [-0.25, -0.2) is 18.2 Å². The summed E-state index contributed by atoms with van der Waals surface area (Å²) in [5.41, 5.74) is 0.820. The summed E-state index contributed by atoms with van der Waals surface area (Å²) in [6, 6.07) is 14.3. The highest BCUT2D eigenvalue weighted by Gasteiger charge is 2.28. The van der Waals surface area contributed by atoms with Gasteiger partial charge in [-0.3, -0.25) is 9.59 Å². The van der Waals surface area contributed by atoms with Crippen molar-refractivity contribution in [2.75, 3.05) is 24.7 Å². The van der Waals surface area contributed by atoms with Crippen LogP contribution in [0.15, 0.2) is 64.6 Å². The van der Waals surface area contributed by atoms with Crippen LogP contribution in [0.2, 0.25) is 0 Å². The van der Waals surface area contributed by atoms with Gasteiger partial charge in [0.25, 0.3) is 0 Å². The van der Waals surface area contributed by atoms with Crippen molar-refractivity contribution in [1.29, 1.82) is 0 Å². The Kier molecular flexibility index (Phi) is 6.66. The van der Waals surface area contributed by atoms with Crippen LogP contribution in [0.1, 0.15) is 36.0 Å². The highest BCUT2D eigenvalue weighted by atomic mass is 32.2. The number of esters is 1. The molecule has 10 heteroatoms. The standard InChI is InChI=1S/C23H23N3O6S/c27-21(17-8-10-19(11-9-17)33(30,31)25-14-4-5-15-25)16-32-23(29)20-12-13-22(28)26(24-20)18-6-2-1-3-7-18/h1-3,6-11H,4-5,12-16H2. The van der Waals surface area contributed by atoms with Crippen molar-refractivity contribution in [2.24, 2.45) is 5.10 Å². The lowest BCUT2D eigenvalue weighted by Crippen LogP contribution is -2.35. The zero-order valence-corrected chi connectivity index (χ0v) is 18.7. The second kappa shape index (κ2) is 9.63. The summed E-state index contributed by atoms with van der Waals surface area (Å²) in [5, 5.41) is 5.26. The largest absolute Gasteiger partial charge is 0.453 e. The van der Waals surface area contributed by atoms with E-state index in [0.717, 1.165) is 17.9 Å². The Balaban J connectivity index is 1.38. The van der Waals surface area contributed by atoms with Crippen molar-refractivity contribution in [1.82, 2.24) is 4.31 Å². The Morgan fingerprint density at radius 3 is 2.27 bits per heavy atom. The molecular formula is C23H23N3O6S. The molecule has 0 N–H and O–H groups in total. The van der Waals surface area contributed by atoms with Crippen molar-refractivity contribution in [3.8, 4) is 0 Å². The molecule has 0 bridgehead atoms. The molecule has 4 rings (SSSR count). The van der Waals surface area contributed by atoms with Gasteiger partial charge < -0.3 is 4.74 Å². The number of anilines is 1. The molecular weight excluding hydrogens is 446 g/mol. The Morgan fingerprint density at radius 1 is 0.939 bits per heavy atom. The fourth-order valence-electron chi connectivity index (χ4n) is 3.66. The number of Topliss-reactive ketones (excluding diaryl/α,β-unsaturated/α-hetero) is 1. The van der Waals surface area contributed by atoms with E-state index in [1.807, 2.05) is 0 Å². The first kappa shape index (κ1) is 22.8. The maximum Gasteiger partial charge on any atom is 0.354 e. The molecule has 2 heterocycles. The van der Waals surface area contributed by atoms with Crippen molar-refractivity contribution in [3.05, 3.63) is 60.2 Å². The van der Waals surface area contributed by atoms with E-state index in [2.05, 4.69) is 5.10 Å². The quantitative estimate of drug-likeness (QED) is 0.454. The van der Waals surface area contributed by atoms with Crippen LogP contribution in [-0.4, -0.2) is 55.8 Å². The summed E-state index contributed by atoms with van der Waals surface area (Å²) in [5.74, 6) is -1.48. The number of benzene rings is 2. The number of hydrogen-bond donors (Lipinski definition) is 0. The molecule has 0 aliphatic carbocycles. The van der Waals surface area contributed by atoms with Crippen LogP contribution in [-0.2, 0) is 24.3 Å². The fourth-order valence-corrected chi connectivity index (χ4v) is 5.18. The maximum absolute atomic E-state index is 12.6. The molecule has 0 aromatic heterocycles. The van der Waals surface area contributed by atoms with Crippen LogP contribution in [0, 0.1) is 0 Å². The molecule has 9 nitrogen and oxygen atoms in total. The van der Waals surface area contributed by atoms with E-state index in [4.69, 9.17) is 4.74 Å². The number of nitrogens with zero attached hydrogens (tertiary/aromatic N) is 3. The second-order valence-electron chi connectivity index (χ2n) is 7.72. The van der Waals surface area contributed by atoms with Crippen LogP contribution in [0.25, 0.3) is 0 Å². The number of carbonyl (C=O) groups excluding carboxylic acids is 3. The monoisotopic (exact) mass is 469 g/mol. The molecule has 2 aromatic rings. The predicted octanol–water partition coefficient (Wildman–Crippen LogP) is 2.38. The molecule has 0 radical (unpaired) electrons. The average Bonchev–Trinajstić information content (AvgIpc) is 3.39. The lowest BCUT2D eigenvalue weighted by atomic mass is 10.1. The normalized spacial score (nSPS) is 17.0. The number of ether oxygens (including phenoxy) is 1. The SMILES string of the molecule is O=C(OCC(=O)c1ccc(S(=O)(=O)N2CCCC2)cc1)C1=NN(c2ccccc2)C(=O)CC1. The van der Waals surface area contributed by atoms with Gasteiger partial charge in [0.05, 0.1) is 10.6 Å². The molecule has 1 saturated heterocycles. The van der Waals surface area contributed by atoms with Gasteiger partial charge in [0.15, 0.2) is 12.4 Å². The van der Waals surface area contributed by atoms with Crippen LogP contribution in [0.3, 0.4) is 0 Å². The van der Waals surface area contributed by atoms with E-state index in [-0.39, 0.29) is 34.9 Å². The highest BCUT2D eigenvalue weighted by molar-refractivity contribution is 7.89. The number of para-hydroxylation sites is 1. The second-order valence-corrected chi connectivity index (χ2v) is 9.66. The summed E-state index contributed by atoms with van der Waals surface area (Å²) in [7, 11) is -3.57. The molecule has 0 unspecified atom stereocenters. The van der Waals surface area contributed by atoms with E-state index < -0.39 is 28.4 Å². The number of amides is 1. The molecule has 1 fully saturated rings. The van der Waals surface area contributed by atoms with Gasteiger partial charge in [-0.1, -0.05) is 18.2 Å². The molecule has 33 heavy (non-hydrogen) atoms. The molecule has 2 aliphatic rings. The van der Waals surface area contributed by atoms with Gasteiger partial charge in [0.1, 0.15) is 5.71 Å². The lowest BCUT2D eigenvalue weighted by molar-refractivity contribution is -0.134. The average molecular weight is 470 g/mol. The number of hydrazone groups is 1. The first-order valence-corrected chi connectivity index (χ1v) is 12.1. The van der Waals surface area contributed by atoms with Gasteiger partial charge in [-0.2, -0.15) is 9.41 Å². The van der Waals surface area contributed by atoms with Crippen molar-refractivity contribution in [3.63, 3.8) is 0 Å². The van der Waals surface area contributed by atoms with E-state index in [9.17, 15) is 22.8 Å². The third-order valence-electron chi connectivity index (χ3n) is 5.48. The molecule has 1 amide bonds. The minimum absolute atomic E-state index is 0.0540. The summed E-state index contributed by atoms with van der Waals surface area (Å²) in [6.07, 6.45) is 1.90. The number of rotatable bonds is 7. The first-order chi connectivity index (χ1) is 15.9. The Labute approximate surface area is 191 Å². The smallest absolute Gasteiger partial charge is 0.354 e. The number of ketones is 1. The Hall–Kier alpha value is -3.37. The maximum atomic E-state index is 12.6. The van der Waals surface area contributed by atoms with Crippen LogP contribution in [0.5, 0.6) is 0 Å². The molecule has 0 spiro atoms. The lowest BCUT2D eigenvalue weighted by Gasteiger charge is -2.22. The summed E-state index contributed by atoms with van der Waals surface area (Å²) in [4.78, 5) is 37.2. The number of hydrogen-bond acceptors (Lipinski definition) is 7. The molecule has 172 valence electrons. The van der Waals surface area contributed by atoms with Gasteiger partial charge in [0, 0.05) is 31.5 Å². The van der Waals surface area contributed by atoms with Crippen LogP contribution < -0.4 is 5.01 Å². The number of sulfonamides is 1. The van der Waals surface area contributed by atoms with Gasteiger partial charge in [-0.05, 0) is 49.2 Å². The zero-order valence-electron chi connectivity index (χ0n) is 17.8. The molecule has 0 saturated carbocycles. The number of carbonyl (C=O) groups is 3. The minimum atomic E-state index is -3.57. The molecule has 0 atom stereocenters. The third-order valence-corrected chi connectivity index (χ3v) is 7.40. The zero-order chi connectivity index (χ0) is 23.4. The Bertz CT molecular complexity index is 1190. The summed E-state index contributed by atoms with van der Waals surface area (Å²) in [6.45, 7) is 0.474. The van der Waals surface area contributed by atoms with Crippen LogP contribution >= 0.6 is 0 Å². The molecule has 2 aromatic carbocycles. The van der Waals surface area contributed by atoms with Crippen LogP contribution in [0.4, 0.5) is 5.69 Å². The summed E-state index contributed by atoms with van der Waals surface area (Å²) < 4.78 is 31.7. The van der Waals surface area contributed by atoms with Crippen molar-refractivity contribution >= 4 is 39.1 Å². The highest BCUT2D eigenvalue weighted by Crippen LogP contribution is 2.22. The van der Waals surface area contributed by atoms with E-state index >= 15 is 0 Å². The van der Waals surface area contributed by atoms with Gasteiger partial charge >= 0.3 is 5.97 Å². The minimum Gasteiger partial charge on any atom is -0.453 e. The summed E-state index contributed by atoms with van der Waals surface area (Å²) >= 11 is 0. The first-order valence-electron chi connectivity index (χ1n) is 10.6. The van der Waals surface area contributed by atoms with Gasteiger partial charge in [0.2, 0.25) is 15.9 Å².